The molecule has 2 aromatic heterocycles. The van der Waals surface area contributed by atoms with E-state index >= 15 is 0 Å². The minimum absolute atomic E-state index is 0.0574. The molecule has 3 aliphatic rings. The third-order valence-electron chi connectivity index (χ3n) is 6.18. The van der Waals surface area contributed by atoms with Gasteiger partial charge in [0.2, 0.25) is 12.7 Å². The predicted octanol–water partition coefficient (Wildman–Crippen LogP) is 2.77. The van der Waals surface area contributed by atoms with Crippen LogP contribution in [0.4, 0.5) is 11.6 Å². The van der Waals surface area contributed by atoms with E-state index in [0.29, 0.717) is 23.8 Å². The molecule has 3 aromatic rings. The van der Waals surface area contributed by atoms with Crippen LogP contribution in [0, 0.1) is 6.92 Å². The number of ether oxygens (including phenoxy) is 2. The Morgan fingerprint density at radius 3 is 2.61 bits per heavy atom. The number of carbonyl (C=O) groups is 1. The molecular formula is C22H22N6O3. The molecule has 1 aromatic carbocycles. The van der Waals surface area contributed by atoms with Crippen molar-refractivity contribution in [2.75, 3.05) is 30.1 Å². The minimum atomic E-state index is -0.121. The van der Waals surface area contributed by atoms with E-state index in [0.717, 1.165) is 41.5 Å². The van der Waals surface area contributed by atoms with Gasteiger partial charge in [0.25, 0.3) is 0 Å². The molecule has 1 fully saturated rings. The number of amides is 1. The van der Waals surface area contributed by atoms with Crippen LogP contribution in [0.15, 0.2) is 30.3 Å². The number of carbonyl (C=O) groups excluding carboxylic acids is 1. The van der Waals surface area contributed by atoms with Gasteiger partial charge in [0.15, 0.2) is 23.1 Å². The summed E-state index contributed by atoms with van der Waals surface area (Å²) in [6.45, 7) is 4.20. The number of rotatable bonds is 3. The molecule has 9 heteroatoms. The highest BCUT2D eigenvalue weighted by Crippen LogP contribution is 2.43. The summed E-state index contributed by atoms with van der Waals surface area (Å²) in [6.07, 6.45) is 2.71. The van der Waals surface area contributed by atoms with Crippen LogP contribution in [0.1, 0.15) is 42.0 Å². The van der Waals surface area contributed by atoms with Gasteiger partial charge in [-0.3, -0.25) is 4.79 Å². The van der Waals surface area contributed by atoms with E-state index in [9.17, 15) is 4.79 Å². The van der Waals surface area contributed by atoms with Gasteiger partial charge in [-0.2, -0.15) is 9.78 Å². The first-order chi connectivity index (χ1) is 15.2. The normalized spacial score (nSPS) is 19.5. The molecule has 1 saturated heterocycles. The van der Waals surface area contributed by atoms with E-state index in [4.69, 9.17) is 14.6 Å². The highest BCUT2D eigenvalue weighted by molar-refractivity contribution is 5.95. The Hall–Kier alpha value is -3.62. The molecule has 1 N–H and O–H groups in total. The molecule has 1 amide bonds. The van der Waals surface area contributed by atoms with Crippen LogP contribution in [0.5, 0.6) is 11.5 Å². The average Bonchev–Trinajstić information content (AvgIpc) is 3.53. The number of aryl methyl sites for hydroxylation is 1. The third kappa shape index (κ3) is 2.99. The lowest BCUT2D eigenvalue weighted by Gasteiger charge is -2.24. The number of aromatic nitrogens is 4. The first kappa shape index (κ1) is 18.2. The van der Waals surface area contributed by atoms with Crippen molar-refractivity contribution in [1.29, 1.82) is 0 Å². The smallest absolute Gasteiger partial charge is 0.231 e. The van der Waals surface area contributed by atoms with Crippen molar-refractivity contribution in [2.45, 2.75) is 32.1 Å². The van der Waals surface area contributed by atoms with Gasteiger partial charge in [0.05, 0.1) is 5.69 Å². The summed E-state index contributed by atoms with van der Waals surface area (Å²) in [5.74, 6) is 3.37. The maximum Gasteiger partial charge on any atom is 0.231 e. The van der Waals surface area contributed by atoms with E-state index in [2.05, 4.69) is 20.4 Å². The summed E-state index contributed by atoms with van der Waals surface area (Å²) in [6, 6.07) is 9.71. The van der Waals surface area contributed by atoms with Crippen molar-refractivity contribution in [3.8, 4) is 17.3 Å². The van der Waals surface area contributed by atoms with E-state index in [1.807, 2.05) is 37.3 Å². The Bertz CT molecular complexity index is 1170. The number of hydrogen-bond donors (Lipinski definition) is 1. The third-order valence-corrected chi connectivity index (χ3v) is 6.18. The number of hydrogen-bond acceptors (Lipinski definition) is 7. The lowest BCUT2D eigenvalue weighted by molar-refractivity contribution is -0.116. The topological polar surface area (TPSA) is 94.4 Å². The summed E-state index contributed by atoms with van der Waals surface area (Å²) in [5.41, 5.74) is 2.84. The Labute approximate surface area is 179 Å². The van der Waals surface area contributed by atoms with Crippen molar-refractivity contribution in [2.24, 2.45) is 0 Å². The summed E-state index contributed by atoms with van der Waals surface area (Å²) in [7, 11) is 0. The summed E-state index contributed by atoms with van der Waals surface area (Å²) < 4.78 is 12.6. The quantitative estimate of drug-likeness (QED) is 0.699. The zero-order chi connectivity index (χ0) is 20.9. The van der Waals surface area contributed by atoms with Gasteiger partial charge < -0.3 is 19.7 Å². The molecule has 5 heterocycles. The van der Waals surface area contributed by atoms with Crippen molar-refractivity contribution < 1.29 is 14.3 Å². The minimum Gasteiger partial charge on any atom is -0.454 e. The molecule has 3 aliphatic heterocycles. The zero-order valence-electron chi connectivity index (χ0n) is 17.2. The van der Waals surface area contributed by atoms with Crippen LogP contribution in [0.2, 0.25) is 0 Å². The lowest BCUT2D eigenvalue weighted by atomic mass is 9.85. The Morgan fingerprint density at radius 2 is 1.81 bits per heavy atom. The zero-order valence-corrected chi connectivity index (χ0v) is 17.2. The first-order valence-electron chi connectivity index (χ1n) is 10.6. The maximum atomic E-state index is 12.6. The molecule has 0 radical (unpaired) electrons. The van der Waals surface area contributed by atoms with Crippen molar-refractivity contribution in [3.63, 3.8) is 0 Å². The standard InChI is InChI=1S/C22H22N6O3/c1-13-21-15(14-4-5-16-17(10-14)31-12-30-16)11-20(29)23-22(21)28(26-13)19-7-6-18(24-25-19)27-8-2-3-9-27/h4-7,10,15H,2-3,8-9,11-12H2,1H3,(H,23,29)/t15-/m1/s1. The van der Waals surface area contributed by atoms with Crippen LogP contribution in [0.25, 0.3) is 5.82 Å². The van der Waals surface area contributed by atoms with Crippen LogP contribution >= 0.6 is 0 Å². The van der Waals surface area contributed by atoms with Crippen molar-refractivity contribution >= 4 is 17.5 Å². The van der Waals surface area contributed by atoms with Gasteiger partial charge in [0.1, 0.15) is 5.82 Å². The number of benzene rings is 1. The van der Waals surface area contributed by atoms with E-state index in [-0.39, 0.29) is 18.6 Å². The fourth-order valence-electron chi connectivity index (χ4n) is 4.67. The van der Waals surface area contributed by atoms with Crippen LogP contribution in [-0.2, 0) is 4.79 Å². The highest BCUT2D eigenvalue weighted by atomic mass is 16.7. The average molecular weight is 418 g/mol. The van der Waals surface area contributed by atoms with Crippen LogP contribution in [0.3, 0.4) is 0 Å². The highest BCUT2D eigenvalue weighted by Gasteiger charge is 2.33. The van der Waals surface area contributed by atoms with Gasteiger partial charge in [-0.15, -0.1) is 10.2 Å². The monoisotopic (exact) mass is 418 g/mol. The molecule has 9 nitrogen and oxygen atoms in total. The van der Waals surface area contributed by atoms with Crippen LogP contribution < -0.4 is 19.7 Å². The van der Waals surface area contributed by atoms with Gasteiger partial charge in [-0.05, 0) is 49.6 Å². The van der Waals surface area contributed by atoms with E-state index in [1.54, 1.807) is 4.68 Å². The van der Waals surface area contributed by atoms with E-state index in [1.165, 1.54) is 12.8 Å². The summed E-state index contributed by atoms with van der Waals surface area (Å²) in [5, 5.41) is 16.5. The second-order valence-corrected chi connectivity index (χ2v) is 8.12. The van der Waals surface area contributed by atoms with Gasteiger partial charge >= 0.3 is 0 Å². The Morgan fingerprint density at radius 1 is 1.03 bits per heavy atom. The lowest BCUT2D eigenvalue weighted by Crippen LogP contribution is -2.25. The molecule has 6 rings (SSSR count). The molecule has 0 bridgehead atoms. The first-order valence-corrected chi connectivity index (χ1v) is 10.6. The molecule has 0 aliphatic carbocycles. The molecule has 0 spiro atoms. The number of nitrogens with one attached hydrogen (secondary N) is 1. The largest absolute Gasteiger partial charge is 0.454 e. The molecular weight excluding hydrogens is 396 g/mol. The summed E-state index contributed by atoms with van der Waals surface area (Å²) >= 11 is 0. The van der Waals surface area contributed by atoms with Gasteiger partial charge in [-0.25, -0.2) is 0 Å². The SMILES string of the molecule is Cc1nn(-c2ccc(N3CCCC3)nn2)c2c1[C@@H](c1ccc3c(c1)OCO3)CC(=O)N2. The van der Waals surface area contributed by atoms with Gasteiger partial charge in [0, 0.05) is 31.0 Å². The number of anilines is 2. The Balaban J connectivity index is 1.39. The van der Waals surface area contributed by atoms with E-state index < -0.39 is 0 Å². The number of nitrogens with zero attached hydrogens (tertiary/aromatic N) is 5. The number of fused-ring (bicyclic) bond motifs is 2. The fourth-order valence-corrected chi connectivity index (χ4v) is 4.67. The molecule has 0 unspecified atom stereocenters. The molecule has 0 saturated carbocycles. The van der Waals surface area contributed by atoms with Crippen LogP contribution in [-0.4, -0.2) is 45.8 Å². The molecule has 158 valence electrons. The van der Waals surface area contributed by atoms with Crippen molar-refractivity contribution in [1.82, 2.24) is 20.0 Å². The predicted molar refractivity (Wildman–Crippen MR) is 113 cm³/mol. The second-order valence-electron chi connectivity index (χ2n) is 8.12. The fraction of sp³-hybridized carbons (Fsp3) is 0.364. The summed E-state index contributed by atoms with van der Waals surface area (Å²) in [4.78, 5) is 14.8. The molecule has 31 heavy (non-hydrogen) atoms. The van der Waals surface area contributed by atoms with Gasteiger partial charge in [-0.1, -0.05) is 6.07 Å². The second kappa shape index (κ2) is 6.97. The Kier molecular flexibility index (Phi) is 4.09. The maximum absolute atomic E-state index is 12.6. The molecule has 1 atom stereocenters. The van der Waals surface area contributed by atoms with Crippen molar-refractivity contribution in [3.05, 3.63) is 47.2 Å².